The third-order valence-electron chi connectivity index (χ3n) is 2.21. The molecule has 0 aliphatic rings. The van der Waals surface area contributed by atoms with E-state index in [1.807, 2.05) is 19.1 Å². The van der Waals surface area contributed by atoms with Gasteiger partial charge in [-0.3, -0.25) is 0 Å². The molecule has 0 atom stereocenters. The van der Waals surface area contributed by atoms with Crippen molar-refractivity contribution in [3.8, 4) is 0 Å². The fraction of sp³-hybridized carbons (Fsp3) is 0.300. The molecule has 1 rings (SSSR count). The van der Waals surface area contributed by atoms with E-state index in [4.69, 9.17) is 23.1 Å². The second-order valence-corrected chi connectivity index (χ2v) is 5.86. The van der Waals surface area contributed by atoms with Crippen LogP contribution in [0.25, 0.3) is 0 Å². The maximum Gasteiger partial charge on any atom is 0.210 e. The summed E-state index contributed by atoms with van der Waals surface area (Å²) in [4.78, 5) is 0.337. The molecule has 0 aliphatic carbocycles. The number of rotatable bonds is 5. The summed E-state index contributed by atoms with van der Waals surface area (Å²) in [6.45, 7) is 2.16. The zero-order chi connectivity index (χ0) is 13.1. The number of benzene rings is 1. The first-order chi connectivity index (χ1) is 7.79. The number of thiocarbonyl (C=S) groups is 1. The monoisotopic (exact) mass is 273 g/mol. The summed E-state index contributed by atoms with van der Waals surface area (Å²) < 4.78 is 21.5. The molecular formula is C10H15N3O2S2. The lowest BCUT2D eigenvalue weighted by atomic mass is 10.1. The SMILES string of the molecule is Cc1cc(C(N)=S)ccc1NCCS(N)(=O)=O. The Labute approximate surface area is 106 Å². The van der Waals surface area contributed by atoms with E-state index in [1.54, 1.807) is 6.07 Å². The van der Waals surface area contributed by atoms with Crippen LogP contribution in [0.5, 0.6) is 0 Å². The number of hydrogen-bond acceptors (Lipinski definition) is 4. The summed E-state index contributed by atoms with van der Waals surface area (Å²) in [5.74, 6) is -0.108. The average molecular weight is 273 g/mol. The fourth-order valence-electron chi connectivity index (χ4n) is 1.34. The quantitative estimate of drug-likeness (QED) is 0.672. The van der Waals surface area contributed by atoms with Crippen LogP contribution < -0.4 is 16.2 Å². The molecule has 0 saturated carbocycles. The van der Waals surface area contributed by atoms with Gasteiger partial charge in [-0.25, -0.2) is 13.6 Å². The van der Waals surface area contributed by atoms with Gasteiger partial charge in [-0.1, -0.05) is 12.2 Å². The van der Waals surface area contributed by atoms with Crippen LogP contribution in [0.2, 0.25) is 0 Å². The maximum atomic E-state index is 10.8. The zero-order valence-corrected chi connectivity index (χ0v) is 11.1. The Balaban J connectivity index is 2.70. The summed E-state index contributed by atoms with van der Waals surface area (Å²) in [5.41, 5.74) is 8.08. The van der Waals surface area contributed by atoms with E-state index in [0.29, 0.717) is 4.99 Å². The summed E-state index contributed by atoms with van der Waals surface area (Å²) in [5, 5.41) is 7.89. The zero-order valence-electron chi connectivity index (χ0n) is 9.43. The van der Waals surface area contributed by atoms with Gasteiger partial charge >= 0.3 is 0 Å². The third kappa shape index (κ3) is 4.68. The van der Waals surface area contributed by atoms with E-state index in [1.165, 1.54) is 0 Å². The van der Waals surface area contributed by atoms with E-state index >= 15 is 0 Å². The molecule has 0 aromatic heterocycles. The van der Waals surface area contributed by atoms with Crippen molar-refractivity contribution in [1.29, 1.82) is 0 Å². The second-order valence-electron chi connectivity index (χ2n) is 3.69. The molecular weight excluding hydrogens is 258 g/mol. The smallest absolute Gasteiger partial charge is 0.210 e. The molecule has 0 radical (unpaired) electrons. The minimum absolute atomic E-state index is 0.108. The van der Waals surface area contributed by atoms with Crippen molar-refractivity contribution in [3.63, 3.8) is 0 Å². The molecule has 0 saturated heterocycles. The number of aryl methyl sites for hydroxylation is 1. The molecule has 0 spiro atoms. The van der Waals surface area contributed by atoms with Gasteiger partial charge in [0.25, 0.3) is 0 Å². The van der Waals surface area contributed by atoms with Crippen molar-refractivity contribution < 1.29 is 8.42 Å². The van der Waals surface area contributed by atoms with E-state index in [2.05, 4.69) is 5.32 Å². The average Bonchev–Trinajstić information content (AvgIpc) is 2.18. The highest BCUT2D eigenvalue weighted by Gasteiger charge is 2.04. The molecule has 7 heteroatoms. The highest BCUT2D eigenvalue weighted by atomic mass is 32.2. The van der Waals surface area contributed by atoms with E-state index < -0.39 is 10.0 Å². The van der Waals surface area contributed by atoms with Gasteiger partial charge in [0.15, 0.2) is 0 Å². The molecule has 17 heavy (non-hydrogen) atoms. The number of anilines is 1. The highest BCUT2D eigenvalue weighted by Crippen LogP contribution is 2.16. The first-order valence-corrected chi connectivity index (χ1v) is 7.07. The van der Waals surface area contributed by atoms with Crippen molar-refractivity contribution in [3.05, 3.63) is 29.3 Å². The lowest BCUT2D eigenvalue weighted by Crippen LogP contribution is -2.22. The topological polar surface area (TPSA) is 98.2 Å². The minimum Gasteiger partial charge on any atom is -0.389 e. The van der Waals surface area contributed by atoms with Gasteiger partial charge in [0.1, 0.15) is 4.99 Å². The first kappa shape index (κ1) is 13.9. The normalized spacial score (nSPS) is 11.2. The van der Waals surface area contributed by atoms with Gasteiger partial charge in [0, 0.05) is 17.8 Å². The minimum atomic E-state index is -3.43. The lowest BCUT2D eigenvalue weighted by Gasteiger charge is -2.10. The van der Waals surface area contributed by atoms with Crippen molar-refractivity contribution >= 4 is 32.9 Å². The maximum absolute atomic E-state index is 10.8. The highest BCUT2D eigenvalue weighted by molar-refractivity contribution is 7.89. The molecule has 0 heterocycles. The summed E-state index contributed by atoms with van der Waals surface area (Å²) in [7, 11) is -3.43. The second kappa shape index (κ2) is 5.44. The Kier molecular flexibility index (Phi) is 4.44. The third-order valence-corrected chi connectivity index (χ3v) is 3.22. The number of hydrogen-bond donors (Lipinski definition) is 3. The molecule has 1 aromatic carbocycles. The van der Waals surface area contributed by atoms with Crippen LogP contribution in [0.4, 0.5) is 5.69 Å². The van der Waals surface area contributed by atoms with Gasteiger partial charge in [-0.05, 0) is 30.7 Å². The van der Waals surface area contributed by atoms with Crippen molar-refractivity contribution in [2.75, 3.05) is 17.6 Å². The summed E-state index contributed by atoms with van der Waals surface area (Å²) in [6, 6.07) is 5.45. The molecule has 1 aromatic rings. The summed E-state index contributed by atoms with van der Waals surface area (Å²) >= 11 is 4.86. The molecule has 0 aliphatic heterocycles. The van der Waals surface area contributed by atoms with Crippen LogP contribution in [-0.2, 0) is 10.0 Å². The Morgan fingerprint density at radius 2 is 2.12 bits per heavy atom. The molecule has 5 nitrogen and oxygen atoms in total. The molecule has 94 valence electrons. The standard InChI is InChI=1S/C10H15N3O2S2/c1-7-6-8(10(11)16)2-3-9(7)13-4-5-17(12,14)15/h2-3,6,13H,4-5H2,1H3,(H2,11,16)(H2,12,14,15). The van der Waals surface area contributed by atoms with Crippen molar-refractivity contribution in [1.82, 2.24) is 0 Å². The van der Waals surface area contributed by atoms with E-state index in [0.717, 1.165) is 16.8 Å². The molecule has 0 amide bonds. The van der Waals surface area contributed by atoms with Crippen LogP contribution in [0.15, 0.2) is 18.2 Å². The Hall–Kier alpha value is -1.18. The van der Waals surface area contributed by atoms with Crippen molar-refractivity contribution in [2.24, 2.45) is 10.9 Å². The predicted octanol–water partition coefficient (Wildman–Crippen LogP) is 0.330. The Morgan fingerprint density at radius 1 is 1.47 bits per heavy atom. The number of nitrogens with one attached hydrogen (secondary N) is 1. The van der Waals surface area contributed by atoms with Gasteiger partial charge in [0.2, 0.25) is 10.0 Å². The van der Waals surface area contributed by atoms with Gasteiger partial charge in [-0.2, -0.15) is 0 Å². The lowest BCUT2D eigenvalue weighted by molar-refractivity contribution is 0.598. The summed E-state index contributed by atoms with van der Waals surface area (Å²) in [6.07, 6.45) is 0. The Morgan fingerprint density at radius 3 is 2.59 bits per heavy atom. The largest absolute Gasteiger partial charge is 0.389 e. The number of primary sulfonamides is 1. The first-order valence-electron chi connectivity index (χ1n) is 4.94. The predicted molar refractivity (Wildman–Crippen MR) is 73.5 cm³/mol. The van der Waals surface area contributed by atoms with Crippen molar-refractivity contribution in [2.45, 2.75) is 6.92 Å². The molecule has 5 N–H and O–H groups in total. The molecule has 0 fully saturated rings. The van der Waals surface area contributed by atoms with Crippen LogP contribution in [-0.4, -0.2) is 25.7 Å². The van der Waals surface area contributed by atoms with E-state index in [-0.39, 0.29) is 12.3 Å². The fourth-order valence-corrected chi connectivity index (χ4v) is 1.86. The van der Waals surface area contributed by atoms with Gasteiger partial charge in [-0.15, -0.1) is 0 Å². The van der Waals surface area contributed by atoms with Gasteiger partial charge < -0.3 is 11.1 Å². The molecule has 0 unspecified atom stereocenters. The number of nitrogens with two attached hydrogens (primary N) is 2. The Bertz CT molecular complexity index is 526. The van der Waals surface area contributed by atoms with Crippen LogP contribution >= 0.6 is 12.2 Å². The van der Waals surface area contributed by atoms with Crippen LogP contribution in [0.1, 0.15) is 11.1 Å². The molecule has 0 bridgehead atoms. The van der Waals surface area contributed by atoms with Gasteiger partial charge in [0.05, 0.1) is 5.75 Å². The van der Waals surface area contributed by atoms with E-state index in [9.17, 15) is 8.42 Å². The van der Waals surface area contributed by atoms with Crippen LogP contribution in [0, 0.1) is 6.92 Å². The number of sulfonamides is 1. The van der Waals surface area contributed by atoms with Crippen LogP contribution in [0.3, 0.4) is 0 Å².